The summed E-state index contributed by atoms with van der Waals surface area (Å²) in [6.45, 7) is 7.30. The summed E-state index contributed by atoms with van der Waals surface area (Å²) in [5.74, 6) is -0.882. The van der Waals surface area contributed by atoms with Crippen LogP contribution in [-0.2, 0) is 25.5 Å². The number of anilines is 1. The fraction of sp³-hybridized carbons (Fsp3) is 0.526. The van der Waals surface area contributed by atoms with E-state index >= 15 is 0 Å². The standard InChI is InChI=1S/C19H28N2O5/c1-5-14-8-6-9-15(12-14)21-16(22)13-25-17(23)10-7-11-20-18(24)26-19(2,3)4/h6,8-9,12H,5,7,10-11,13H2,1-4H3,(H,20,24)(H,21,22). The van der Waals surface area contributed by atoms with Gasteiger partial charge in [-0.3, -0.25) is 9.59 Å². The van der Waals surface area contributed by atoms with E-state index in [9.17, 15) is 14.4 Å². The summed E-state index contributed by atoms with van der Waals surface area (Å²) in [4.78, 5) is 34.9. The maximum absolute atomic E-state index is 11.8. The Kier molecular flexibility index (Phi) is 8.61. The molecular formula is C19H28N2O5. The van der Waals surface area contributed by atoms with E-state index in [1.807, 2.05) is 25.1 Å². The molecule has 1 aromatic carbocycles. The zero-order valence-corrected chi connectivity index (χ0v) is 15.9. The summed E-state index contributed by atoms with van der Waals surface area (Å²) < 4.78 is 10.0. The predicted octanol–water partition coefficient (Wildman–Crippen LogP) is 3.04. The Bertz CT molecular complexity index is 623. The topological polar surface area (TPSA) is 93.7 Å². The largest absolute Gasteiger partial charge is 0.456 e. The number of hydrogen-bond donors (Lipinski definition) is 2. The summed E-state index contributed by atoms with van der Waals surface area (Å²) in [5.41, 5.74) is 1.22. The predicted molar refractivity (Wildman–Crippen MR) is 98.9 cm³/mol. The molecule has 0 saturated carbocycles. The average Bonchev–Trinajstić information content (AvgIpc) is 2.55. The highest BCUT2D eigenvalue weighted by Gasteiger charge is 2.15. The van der Waals surface area contributed by atoms with Gasteiger partial charge in [-0.05, 0) is 51.3 Å². The molecule has 1 rings (SSSR count). The first kappa shape index (κ1) is 21.5. The summed E-state index contributed by atoms with van der Waals surface area (Å²) in [6.07, 6.45) is 0.849. The van der Waals surface area contributed by atoms with Crippen LogP contribution >= 0.6 is 0 Å². The molecule has 0 fully saturated rings. The normalized spacial score (nSPS) is 10.8. The number of nitrogens with one attached hydrogen (secondary N) is 2. The van der Waals surface area contributed by atoms with E-state index in [1.54, 1.807) is 26.8 Å². The van der Waals surface area contributed by atoms with Gasteiger partial charge in [0.15, 0.2) is 6.61 Å². The molecule has 0 aliphatic carbocycles. The molecule has 0 aliphatic rings. The second-order valence-corrected chi connectivity index (χ2v) is 6.80. The quantitative estimate of drug-likeness (QED) is 0.546. The maximum Gasteiger partial charge on any atom is 0.407 e. The molecule has 0 heterocycles. The van der Waals surface area contributed by atoms with Crippen LogP contribution in [0.4, 0.5) is 10.5 Å². The van der Waals surface area contributed by atoms with Crippen LogP contribution in [0.15, 0.2) is 24.3 Å². The van der Waals surface area contributed by atoms with E-state index in [1.165, 1.54) is 0 Å². The number of alkyl carbamates (subject to hydrolysis) is 1. The molecule has 0 bridgehead atoms. The third-order valence-electron chi connectivity index (χ3n) is 3.21. The third kappa shape index (κ3) is 9.66. The van der Waals surface area contributed by atoms with Crippen molar-refractivity contribution in [3.63, 3.8) is 0 Å². The monoisotopic (exact) mass is 364 g/mol. The molecule has 0 radical (unpaired) electrons. The fourth-order valence-corrected chi connectivity index (χ4v) is 2.02. The molecule has 0 saturated heterocycles. The lowest BCUT2D eigenvalue weighted by molar-refractivity contribution is -0.147. The van der Waals surface area contributed by atoms with Crippen molar-refractivity contribution in [3.05, 3.63) is 29.8 Å². The van der Waals surface area contributed by atoms with E-state index in [0.29, 0.717) is 18.7 Å². The molecule has 2 N–H and O–H groups in total. The van der Waals surface area contributed by atoms with E-state index in [4.69, 9.17) is 9.47 Å². The average molecular weight is 364 g/mol. The van der Waals surface area contributed by atoms with Gasteiger partial charge in [-0.2, -0.15) is 0 Å². The Morgan fingerprint density at radius 3 is 2.54 bits per heavy atom. The van der Waals surface area contributed by atoms with Gasteiger partial charge in [0.25, 0.3) is 5.91 Å². The van der Waals surface area contributed by atoms with Crippen molar-refractivity contribution in [1.82, 2.24) is 5.32 Å². The summed E-state index contributed by atoms with van der Waals surface area (Å²) in [5, 5.41) is 5.24. The molecule has 7 heteroatoms. The van der Waals surface area contributed by atoms with Gasteiger partial charge < -0.3 is 20.1 Å². The number of esters is 1. The minimum Gasteiger partial charge on any atom is -0.456 e. The van der Waals surface area contributed by atoms with Crippen molar-refractivity contribution in [2.24, 2.45) is 0 Å². The van der Waals surface area contributed by atoms with Gasteiger partial charge in [0, 0.05) is 18.7 Å². The van der Waals surface area contributed by atoms with Gasteiger partial charge >= 0.3 is 12.1 Å². The summed E-state index contributed by atoms with van der Waals surface area (Å²) in [6, 6.07) is 7.49. The van der Waals surface area contributed by atoms with Crippen molar-refractivity contribution in [2.45, 2.75) is 52.6 Å². The third-order valence-corrected chi connectivity index (χ3v) is 3.21. The van der Waals surface area contributed by atoms with Crippen LogP contribution in [-0.4, -0.2) is 36.7 Å². The Hall–Kier alpha value is -2.57. The Labute approximate surface area is 154 Å². The van der Waals surface area contributed by atoms with Crippen molar-refractivity contribution in [1.29, 1.82) is 0 Å². The fourth-order valence-electron chi connectivity index (χ4n) is 2.02. The summed E-state index contributed by atoms with van der Waals surface area (Å²) >= 11 is 0. The van der Waals surface area contributed by atoms with Crippen molar-refractivity contribution < 1.29 is 23.9 Å². The molecule has 2 amide bonds. The van der Waals surface area contributed by atoms with Crippen molar-refractivity contribution in [2.75, 3.05) is 18.5 Å². The number of aryl methyl sites for hydroxylation is 1. The molecule has 0 spiro atoms. The Morgan fingerprint density at radius 2 is 1.88 bits per heavy atom. The van der Waals surface area contributed by atoms with Crippen LogP contribution in [0.3, 0.4) is 0 Å². The van der Waals surface area contributed by atoms with Crippen LogP contribution < -0.4 is 10.6 Å². The molecule has 0 unspecified atom stereocenters. The van der Waals surface area contributed by atoms with Crippen LogP contribution in [0.2, 0.25) is 0 Å². The first-order chi connectivity index (χ1) is 12.2. The van der Waals surface area contributed by atoms with Crippen LogP contribution in [0.5, 0.6) is 0 Å². The molecule has 1 aromatic rings. The molecule has 0 atom stereocenters. The maximum atomic E-state index is 11.8. The first-order valence-electron chi connectivity index (χ1n) is 8.71. The first-order valence-corrected chi connectivity index (χ1v) is 8.71. The number of rotatable bonds is 8. The second-order valence-electron chi connectivity index (χ2n) is 6.80. The Morgan fingerprint density at radius 1 is 1.15 bits per heavy atom. The molecule has 26 heavy (non-hydrogen) atoms. The van der Waals surface area contributed by atoms with Gasteiger partial charge in [-0.1, -0.05) is 19.1 Å². The van der Waals surface area contributed by atoms with Crippen LogP contribution in [0.25, 0.3) is 0 Å². The number of hydrogen-bond acceptors (Lipinski definition) is 5. The lowest BCUT2D eigenvalue weighted by Gasteiger charge is -2.19. The highest BCUT2D eigenvalue weighted by atomic mass is 16.6. The SMILES string of the molecule is CCc1cccc(NC(=O)COC(=O)CCCNC(=O)OC(C)(C)C)c1. The Balaban J connectivity index is 2.19. The van der Waals surface area contributed by atoms with E-state index in [0.717, 1.165) is 12.0 Å². The number of carbonyl (C=O) groups excluding carboxylic acids is 3. The van der Waals surface area contributed by atoms with E-state index < -0.39 is 23.6 Å². The van der Waals surface area contributed by atoms with Gasteiger partial charge in [0.2, 0.25) is 0 Å². The van der Waals surface area contributed by atoms with E-state index in [2.05, 4.69) is 10.6 Å². The van der Waals surface area contributed by atoms with Gasteiger partial charge in [-0.25, -0.2) is 4.79 Å². The molecule has 7 nitrogen and oxygen atoms in total. The van der Waals surface area contributed by atoms with Crippen molar-refractivity contribution in [3.8, 4) is 0 Å². The second kappa shape index (κ2) is 10.4. The van der Waals surface area contributed by atoms with Gasteiger partial charge in [0.05, 0.1) is 0 Å². The molecule has 0 aromatic heterocycles. The number of benzene rings is 1. The zero-order chi connectivity index (χ0) is 19.6. The molecule has 144 valence electrons. The summed E-state index contributed by atoms with van der Waals surface area (Å²) in [7, 11) is 0. The minimum absolute atomic E-state index is 0.106. The van der Waals surface area contributed by atoms with Gasteiger partial charge in [0.1, 0.15) is 5.60 Å². The highest BCUT2D eigenvalue weighted by molar-refractivity contribution is 5.92. The molecular weight excluding hydrogens is 336 g/mol. The van der Waals surface area contributed by atoms with Crippen LogP contribution in [0, 0.1) is 0 Å². The molecule has 0 aliphatic heterocycles. The van der Waals surface area contributed by atoms with Gasteiger partial charge in [-0.15, -0.1) is 0 Å². The highest BCUT2D eigenvalue weighted by Crippen LogP contribution is 2.11. The number of carbonyl (C=O) groups is 3. The van der Waals surface area contributed by atoms with Crippen molar-refractivity contribution >= 4 is 23.7 Å². The van der Waals surface area contributed by atoms with E-state index in [-0.39, 0.29) is 13.0 Å². The smallest absolute Gasteiger partial charge is 0.407 e. The number of amides is 2. The lowest BCUT2D eigenvalue weighted by atomic mass is 10.1. The lowest BCUT2D eigenvalue weighted by Crippen LogP contribution is -2.33. The van der Waals surface area contributed by atoms with Crippen LogP contribution in [0.1, 0.15) is 46.1 Å². The minimum atomic E-state index is -0.562. The number of ether oxygens (including phenoxy) is 2. The zero-order valence-electron chi connectivity index (χ0n) is 15.9.